The third-order valence-corrected chi connectivity index (χ3v) is 3.59. The van der Waals surface area contributed by atoms with E-state index >= 15 is 0 Å². The second-order valence-corrected chi connectivity index (χ2v) is 5.20. The number of anilines is 1. The summed E-state index contributed by atoms with van der Waals surface area (Å²) in [5.74, 6) is -5.58. The van der Waals surface area contributed by atoms with Crippen molar-refractivity contribution in [3.05, 3.63) is 40.6 Å². The minimum absolute atomic E-state index is 0.162. The van der Waals surface area contributed by atoms with Crippen molar-refractivity contribution >= 4 is 17.6 Å². The van der Waals surface area contributed by atoms with Crippen molar-refractivity contribution in [3.8, 4) is 0 Å². The highest BCUT2D eigenvalue weighted by atomic mass is 19.4. The maximum atomic E-state index is 14.1. The minimum Gasteiger partial charge on any atom is -0.466 e. The molecule has 142 valence electrons. The molecule has 0 unspecified atom stereocenters. The Bertz CT molecular complexity index is 776. The van der Waals surface area contributed by atoms with Crippen LogP contribution in [-0.2, 0) is 20.5 Å². The lowest BCUT2D eigenvalue weighted by molar-refractivity contribution is -0.142. The number of aliphatic hydroxyl groups is 1. The molecule has 0 saturated carbocycles. The summed E-state index contributed by atoms with van der Waals surface area (Å²) in [6.45, 7) is -0.885. The molecule has 1 aliphatic rings. The summed E-state index contributed by atoms with van der Waals surface area (Å²) >= 11 is 0. The van der Waals surface area contributed by atoms with Crippen LogP contribution in [0.5, 0.6) is 0 Å². The molecule has 1 heterocycles. The molecule has 2 rings (SSSR count). The summed E-state index contributed by atoms with van der Waals surface area (Å²) in [4.78, 5) is 25.1. The lowest BCUT2D eigenvalue weighted by Gasteiger charge is -2.16. The van der Waals surface area contributed by atoms with E-state index in [-0.39, 0.29) is 18.7 Å². The van der Waals surface area contributed by atoms with Gasteiger partial charge < -0.3 is 20.1 Å². The standard InChI is InChI=1S/C15H13F5N2O4/c1-26-14(25)7-6-22(4-5-23)13(24)12(7)21-9-3-2-8(16)10(11(9)17)15(18,19)20/h2-3,21,23H,4-6H2,1H3. The molecular formula is C15H13F5N2O4. The number of benzene rings is 1. The van der Waals surface area contributed by atoms with Gasteiger partial charge in [0.1, 0.15) is 17.1 Å². The molecule has 0 fully saturated rings. The number of β-amino-alcohol motifs (C(OH)–C–C–N with tert-alkyl or cyclic N) is 1. The van der Waals surface area contributed by atoms with E-state index in [9.17, 15) is 31.5 Å². The molecular weight excluding hydrogens is 367 g/mol. The van der Waals surface area contributed by atoms with Crippen molar-refractivity contribution in [1.82, 2.24) is 4.90 Å². The number of methoxy groups -OCH3 is 1. The number of carbonyl (C=O) groups is 2. The number of amides is 1. The Kier molecular flexibility index (Phi) is 5.50. The van der Waals surface area contributed by atoms with Crippen molar-refractivity contribution in [2.75, 3.05) is 32.1 Å². The van der Waals surface area contributed by atoms with Crippen LogP contribution >= 0.6 is 0 Å². The fourth-order valence-corrected chi connectivity index (χ4v) is 2.39. The van der Waals surface area contributed by atoms with E-state index in [1.165, 1.54) is 0 Å². The Morgan fingerprint density at radius 2 is 2.00 bits per heavy atom. The van der Waals surface area contributed by atoms with Crippen LogP contribution in [0.3, 0.4) is 0 Å². The lowest BCUT2D eigenvalue weighted by atomic mass is 10.1. The highest BCUT2D eigenvalue weighted by Crippen LogP contribution is 2.37. The van der Waals surface area contributed by atoms with Gasteiger partial charge in [0, 0.05) is 6.54 Å². The summed E-state index contributed by atoms with van der Waals surface area (Å²) in [7, 11) is 1.02. The van der Waals surface area contributed by atoms with E-state index in [4.69, 9.17) is 5.11 Å². The average molecular weight is 380 g/mol. The van der Waals surface area contributed by atoms with Gasteiger partial charge in [0.2, 0.25) is 0 Å². The fourth-order valence-electron chi connectivity index (χ4n) is 2.39. The number of carbonyl (C=O) groups excluding carboxylic acids is 2. The summed E-state index contributed by atoms with van der Waals surface area (Å²) in [5, 5.41) is 11.0. The lowest BCUT2D eigenvalue weighted by Crippen LogP contribution is -2.31. The van der Waals surface area contributed by atoms with Crippen molar-refractivity contribution in [3.63, 3.8) is 0 Å². The normalized spacial score (nSPS) is 14.9. The van der Waals surface area contributed by atoms with Crippen molar-refractivity contribution in [2.24, 2.45) is 0 Å². The molecule has 1 aromatic carbocycles. The van der Waals surface area contributed by atoms with Crippen LogP contribution in [0.1, 0.15) is 5.56 Å². The van der Waals surface area contributed by atoms with Gasteiger partial charge in [-0.05, 0) is 12.1 Å². The maximum Gasteiger partial charge on any atom is 0.422 e. The number of hydrogen-bond acceptors (Lipinski definition) is 5. The molecule has 1 aliphatic heterocycles. The van der Waals surface area contributed by atoms with Gasteiger partial charge in [-0.25, -0.2) is 13.6 Å². The number of nitrogens with zero attached hydrogens (tertiary/aromatic N) is 1. The van der Waals surface area contributed by atoms with E-state index in [0.29, 0.717) is 12.1 Å². The fraction of sp³-hybridized carbons (Fsp3) is 0.333. The SMILES string of the molecule is COC(=O)C1=C(Nc2ccc(F)c(C(F)(F)F)c2F)C(=O)N(CCO)C1. The highest BCUT2D eigenvalue weighted by Gasteiger charge is 2.40. The van der Waals surface area contributed by atoms with Gasteiger partial charge in [0.05, 0.1) is 31.5 Å². The second-order valence-electron chi connectivity index (χ2n) is 5.20. The zero-order valence-corrected chi connectivity index (χ0v) is 13.3. The molecule has 2 N–H and O–H groups in total. The molecule has 0 atom stereocenters. The third kappa shape index (κ3) is 3.62. The van der Waals surface area contributed by atoms with Crippen LogP contribution in [0.15, 0.2) is 23.4 Å². The third-order valence-electron chi connectivity index (χ3n) is 3.59. The van der Waals surface area contributed by atoms with E-state index in [1.54, 1.807) is 0 Å². The largest absolute Gasteiger partial charge is 0.466 e. The average Bonchev–Trinajstić information content (AvgIpc) is 2.85. The van der Waals surface area contributed by atoms with Crippen LogP contribution in [-0.4, -0.2) is 48.7 Å². The Balaban J connectivity index is 2.48. The molecule has 0 aromatic heterocycles. The number of aliphatic hydroxyl groups excluding tert-OH is 1. The Morgan fingerprint density at radius 3 is 2.54 bits per heavy atom. The molecule has 26 heavy (non-hydrogen) atoms. The molecule has 0 radical (unpaired) electrons. The predicted octanol–water partition coefficient (Wildman–Crippen LogP) is 1.66. The van der Waals surface area contributed by atoms with E-state index in [1.807, 2.05) is 0 Å². The Morgan fingerprint density at radius 1 is 1.35 bits per heavy atom. The Hall–Kier alpha value is -2.69. The molecule has 1 amide bonds. The van der Waals surface area contributed by atoms with Gasteiger partial charge >= 0.3 is 12.1 Å². The number of esters is 1. The zero-order chi connectivity index (χ0) is 19.6. The smallest absolute Gasteiger partial charge is 0.422 e. The van der Waals surface area contributed by atoms with Gasteiger partial charge in [0.25, 0.3) is 5.91 Å². The first-order valence-corrected chi connectivity index (χ1v) is 7.15. The van der Waals surface area contributed by atoms with Gasteiger partial charge in [-0.3, -0.25) is 4.79 Å². The van der Waals surface area contributed by atoms with E-state index in [0.717, 1.165) is 12.0 Å². The number of ether oxygens (including phenoxy) is 1. The van der Waals surface area contributed by atoms with Gasteiger partial charge in [0.15, 0.2) is 5.82 Å². The number of halogens is 5. The molecule has 0 spiro atoms. The predicted molar refractivity (Wildman–Crippen MR) is 77.7 cm³/mol. The van der Waals surface area contributed by atoms with Crippen molar-refractivity contribution in [2.45, 2.75) is 6.18 Å². The first-order valence-electron chi connectivity index (χ1n) is 7.15. The summed E-state index contributed by atoms with van der Waals surface area (Å²) in [5.41, 5.74) is -3.73. The van der Waals surface area contributed by atoms with Crippen LogP contribution in [0.4, 0.5) is 27.6 Å². The van der Waals surface area contributed by atoms with E-state index in [2.05, 4.69) is 10.1 Å². The number of alkyl halides is 3. The summed E-state index contributed by atoms with van der Waals surface area (Å²) in [6, 6.07) is 1.06. The van der Waals surface area contributed by atoms with Crippen LogP contribution in [0.2, 0.25) is 0 Å². The summed E-state index contributed by atoms with van der Waals surface area (Å²) < 4.78 is 70.4. The van der Waals surface area contributed by atoms with Crippen LogP contribution < -0.4 is 5.32 Å². The summed E-state index contributed by atoms with van der Waals surface area (Å²) in [6.07, 6.45) is -5.30. The van der Waals surface area contributed by atoms with Crippen molar-refractivity contribution in [1.29, 1.82) is 0 Å². The number of rotatable bonds is 5. The highest BCUT2D eigenvalue weighted by molar-refractivity contribution is 6.08. The molecule has 6 nitrogen and oxygen atoms in total. The van der Waals surface area contributed by atoms with Crippen LogP contribution in [0.25, 0.3) is 0 Å². The van der Waals surface area contributed by atoms with E-state index < -0.39 is 53.2 Å². The molecule has 11 heteroatoms. The van der Waals surface area contributed by atoms with Gasteiger partial charge in [-0.15, -0.1) is 0 Å². The maximum absolute atomic E-state index is 14.1. The topological polar surface area (TPSA) is 78.9 Å². The van der Waals surface area contributed by atoms with Crippen molar-refractivity contribution < 1.29 is 41.4 Å². The molecule has 0 bridgehead atoms. The quantitative estimate of drug-likeness (QED) is 0.600. The molecule has 1 aromatic rings. The monoisotopic (exact) mass is 380 g/mol. The molecule has 0 saturated heterocycles. The number of nitrogens with one attached hydrogen (secondary N) is 1. The van der Waals surface area contributed by atoms with Crippen LogP contribution in [0, 0.1) is 11.6 Å². The molecule has 0 aliphatic carbocycles. The minimum atomic E-state index is -5.30. The van der Waals surface area contributed by atoms with Gasteiger partial charge in [-0.2, -0.15) is 13.2 Å². The van der Waals surface area contributed by atoms with Gasteiger partial charge in [-0.1, -0.05) is 0 Å². The first kappa shape index (κ1) is 19.6. The zero-order valence-electron chi connectivity index (χ0n) is 13.3. The number of hydrogen-bond donors (Lipinski definition) is 2. The second kappa shape index (κ2) is 7.28. The first-order chi connectivity index (χ1) is 12.1. The Labute approximate surface area is 143 Å².